The molecular weight excluding hydrogens is 803 g/mol. The van der Waals surface area contributed by atoms with Gasteiger partial charge in [-0.3, -0.25) is 0 Å². The van der Waals surface area contributed by atoms with E-state index in [2.05, 4.69) is 38.6 Å². The number of thiazole rings is 1. The fraction of sp³-hybridized carbons (Fsp3) is 0.333. The van der Waals surface area contributed by atoms with Gasteiger partial charge < -0.3 is 0 Å². The molecule has 0 aliphatic heterocycles. The van der Waals surface area contributed by atoms with Gasteiger partial charge in [0.2, 0.25) is 0 Å². The van der Waals surface area contributed by atoms with Crippen LogP contribution in [-0.2, 0) is 0 Å². The van der Waals surface area contributed by atoms with Gasteiger partial charge in [-0.2, -0.15) is 0 Å². The van der Waals surface area contributed by atoms with Crippen LogP contribution in [-0.4, -0.2) is 9.97 Å². The van der Waals surface area contributed by atoms with E-state index in [-0.39, 0.29) is 95.9 Å². The lowest BCUT2D eigenvalue weighted by atomic mass is 10.5. The average Bonchev–Trinajstić information content (AvgIpc) is 2.48. The van der Waals surface area contributed by atoms with Crippen molar-refractivity contribution in [1.29, 1.82) is 0 Å². The summed E-state index contributed by atoms with van der Waals surface area (Å²) in [7, 11) is 0. The van der Waals surface area contributed by atoms with Gasteiger partial charge in [-0.15, -0.1) is 107 Å². The molecule has 17 heavy (non-hydrogen) atoms. The first-order valence-electron chi connectivity index (χ1n) is 4.14. The van der Waals surface area contributed by atoms with Gasteiger partial charge in [0.25, 0.3) is 0 Å². The van der Waals surface area contributed by atoms with Gasteiger partial charge in [-0.1, -0.05) is 13.8 Å². The predicted molar refractivity (Wildman–Crippen MR) is 128 cm³/mol. The Kier molecular flexibility index (Phi) is 24.8. The first kappa shape index (κ1) is 27.9. The molecule has 2 aromatic rings. The van der Waals surface area contributed by atoms with Crippen molar-refractivity contribution in [2.75, 3.05) is 0 Å². The van der Waals surface area contributed by atoms with E-state index in [0.29, 0.717) is 0 Å². The summed E-state index contributed by atoms with van der Waals surface area (Å²) in [5.41, 5.74) is 1.01. The number of hydrogen-bond acceptors (Lipinski definition) is 3. The van der Waals surface area contributed by atoms with Crippen LogP contribution in [0.5, 0.6) is 0 Å². The van der Waals surface area contributed by atoms with E-state index in [0.717, 1.165) is 14.2 Å². The standard InChI is InChI=1S/C7H5IN2S.C2H6.4HI/c1-4-10-5-3-9-7(8)2-6(5)11-4;1-2;;;;/h2-3H,1H3;1-2H3;4*1H. The highest BCUT2D eigenvalue weighted by atomic mass is 127. The molecule has 0 saturated heterocycles. The first-order valence-corrected chi connectivity index (χ1v) is 6.04. The van der Waals surface area contributed by atoms with Gasteiger partial charge in [0.15, 0.2) is 0 Å². The number of aryl methyl sites for hydroxylation is 1. The van der Waals surface area contributed by atoms with Crippen molar-refractivity contribution in [3.63, 3.8) is 0 Å². The summed E-state index contributed by atoms with van der Waals surface area (Å²) >= 11 is 3.92. The van der Waals surface area contributed by atoms with Gasteiger partial charge in [-0.05, 0) is 35.6 Å². The number of nitrogens with zero attached hydrogens (tertiary/aromatic N) is 2. The SMILES string of the molecule is CC.Cc1nc2cnc(I)cc2s1.I.I.I.I. The minimum Gasteiger partial charge on any atom is -0.248 e. The van der Waals surface area contributed by atoms with Crippen LogP contribution in [0.25, 0.3) is 10.2 Å². The van der Waals surface area contributed by atoms with Crippen molar-refractivity contribution < 1.29 is 0 Å². The van der Waals surface area contributed by atoms with E-state index in [4.69, 9.17) is 0 Å². The predicted octanol–water partition coefficient (Wildman–Crippen LogP) is 6.10. The zero-order valence-corrected chi connectivity index (χ0v) is 21.8. The molecule has 102 valence electrons. The molecule has 8 heteroatoms. The van der Waals surface area contributed by atoms with Crippen LogP contribution >= 0.6 is 130 Å². The molecule has 0 aliphatic carbocycles. The average molecular weight is 818 g/mol. The fourth-order valence-corrected chi connectivity index (χ4v) is 2.42. The maximum absolute atomic E-state index is 4.31. The van der Waals surface area contributed by atoms with Crippen LogP contribution in [0.1, 0.15) is 18.9 Å². The number of fused-ring (bicyclic) bond motifs is 1. The minimum absolute atomic E-state index is 0. The van der Waals surface area contributed by atoms with Gasteiger partial charge >= 0.3 is 0 Å². The second-order valence-corrected chi connectivity index (χ2v) is 4.55. The lowest BCUT2D eigenvalue weighted by Gasteiger charge is -1.86. The lowest BCUT2D eigenvalue weighted by molar-refractivity contribution is 1.27. The van der Waals surface area contributed by atoms with Crippen LogP contribution in [0.15, 0.2) is 12.3 Å². The Hall–Kier alpha value is 2.69. The molecular formula is C9H15I5N2S. The Labute approximate surface area is 188 Å². The summed E-state index contributed by atoms with van der Waals surface area (Å²) in [5.74, 6) is 0. The summed E-state index contributed by atoms with van der Waals surface area (Å²) in [5, 5.41) is 1.10. The molecule has 0 atom stereocenters. The van der Waals surface area contributed by atoms with Gasteiger partial charge in [-0.25, -0.2) is 9.97 Å². The number of hydrogen-bond donors (Lipinski definition) is 0. The molecule has 2 aromatic heterocycles. The van der Waals surface area contributed by atoms with Crippen LogP contribution in [0.4, 0.5) is 0 Å². The van der Waals surface area contributed by atoms with Crippen molar-refractivity contribution in [3.05, 3.63) is 21.0 Å². The Morgan fingerprint density at radius 2 is 1.65 bits per heavy atom. The molecule has 0 unspecified atom stereocenters. The van der Waals surface area contributed by atoms with E-state index in [1.807, 2.05) is 27.0 Å². The minimum atomic E-state index is 0. The Balaban J connectivity index is -0.000000134. The number of aromatic nitrogens is 2. The van der Waals surface area contributed by atoms with E-state index in [9.17, 15) is 0 Å². The van der Waals surface area contributed by atoms with Crippen LogP contribution in [0.2, 0.25) is 0 Å². The van der Waals surface area contributed by atoms with E-state index in [1.165, 1.54) is 4.70 Å². The van der Waals surface area contributed by atoms with E-state index in [1.54, 1.807) is 11.3 Å². The normalized spacial score (nSPS) is 7.29. The maximum atomic E-state index is 4.31. The van der Waals surface area contributed by atoms with Crippen LogP contribution in [0.3, 0.4) is 0 Å². The van der Waals surface area contributed by atoms with Crippen molar-refractivity contribution in [3.8, 4) is 0 Å². The van der Waals surface area contributed by atoms with Crippen molar-refractivity contribution in [1.82, 2.24) is 9.97 Å². The summed E-state index contributed by atoms with van der Waals surface area (Å²) in [6, 6.07) is 2.06. The molecule has 0 aromatic carbocycles. The zero-order chi connectivity index (χ0) is 9.84. The smallest absolute Gasteiger partial charge is 0.102 e. The highest BCUT2D eigenvalue weighted by molar-refractivity contribution is 14.1. The summed E-state index contributed by atoms with van der Waals surface area (Å²) in [6.45, 7) is 6.01. The summed E-state index contributed by atoms with van der Waals surface area (Å²) in [6.07, 6.45) is 1.82. The molecule has 0 saturated carbocycles. The molecule has 2 heterocycles. The molecule has 2 nitrogen and oxygen atoms in total. The third kappa shape index (κ3) is 9.28. The molecule has 2 rings (SSSR count). The Morgan fingerprint density at radius 3 is 2.18 bits per heavy atom. The maximum Gasteiger partial charge on any atom is 0.102 e. The summed E-state index contributed by atoms with van der Waals surface area (Å²) in [4.78, 5) is 8.46. The zero-order valence-electron chi connectivity index (χ0n) is 9.47. The molecule has 0 amide bonds. The van der Waals surface area contributed by atoms with Crippen molar-refractivity contribution >= 4 is 140 Å². The lowest BCUT2D eigenvalue weighted by Crippen LogP contribution is -1.76. The highest BCUT2D eigenvalue weighted by Gasteiger charge is 1.99. The highest BCUT2D eigenvalue weighted by Crippen LogP contribution is 2.21. The molecule has 0 aliphatic rings. The van der Waals surface area contributed by atoms with E-state index < -0.39 is 0 Å². The molecule has 0 fully saturated rings. The second-order valence-electron chi connectivity index (χ2n) is 2.21. The van der Waals surface area contributed by atoms with Crippen molar-refractivity contribution in [2.24, 2.45) is 0 Å². The van der Waals surface area contributed by atoms with Crippen LogP contribution < -0.4 is 0 Å². The molecule has 0 bridgehead atoms. The van der Waals surface area contributed by atoms with Gasteiger partial charge in [0, 0.05) is 0 Å². The number of halogens is 5. The largest absolute Gasteiger partial charge is 0.248 e. The number of rotatable bonds is 0. The second kappa shape index (κ2) is 15.1. The number of pyridine rings is 1. The van der Waals surface area contributed by atoms with Gasteiger partial charge in [0.05, 0.1) is 21.4 Å². The fourth-order valence-electron chi connectivity index (χ4n) is 0.923. The Morgan fingerprint density at radius 1 is 1.12 bits per heavy atom. The molecule has 0 spiro atoms. The van der Waals surface area contributed by atoms with E-state index >= 15 is 0 Å². The van der Waals surface area contributed by atoms with Crippen LogP contribution in [0, 0.1) is 10.6 Å². The Bertz CT molecular complexity index is 407. The third-order valence-electron chi connectivity index (χ3n) is 1.35. The molecule has 0 radical (unpaired) electrons. The van der Waals surface area contributed by atoms with Crippen molar-refractivity contribution in [2.45, 2.75) is 20.8 Å². The topological polar surface area (TPSA) is 25.8 Å². The molecule has 0 N–H and O–H groups in total. The van der Waals surface area contributed by atoms with Gasteiger partial charge in [0.1, 0.15) is 3.70 Å². The monoisotopic (exact) mass is 818 g/mol. The third-order valence-corrected chi connectivity index (χ3v) is 2.87. The first-order chi connectivity index (χ1) is 6.25. The quantitative estimate of drug-likeness (QED) is 0.238. The summed E-state index contributed by atoms with van der Waals surface area (Å²) < 4.78 is 2.25.